The number of aromatic amines is 1. The molecule has 20 heavy (non-hydrogen) atoms. The summed E-state index contributed by atoms with van der Waals surface area (Å²) in [6, 6.07) is 9.07. The van der Waals surface area contributed by atoms with Gasteiger partial charge in [-0.3, -0.25) is 0 Å². The molecule has 1 aromatic carbocycles. The number of H-pyrrole nitrogens is 1. The number of aromatic nitrogens is 1. The smallest absolute Gasteiger partial charge is 0.355 e. The van der Waals surface area contributed by atoms with Gasteiger partial charge in [0, 0.05) is 11.8 Å². The number of carbonyl (C=O) groups excluding carboxylic acids is 1. The molecule has 0 fully saturated rings. The van der Waals surface area contributed by atoms with E-state index in [0.717, 1.165) is 5.56 Å². The molecule has 0 bridgehead atoms. The van der Waals surface area contributed by atoms with Gasteiger partial charge in [0.15, 0.2) is 0 Å². The first-order valence-corrected chi connectivity index (χ1v) is 5.73. The van der Waals surface area contributed by atoms with E-state index in [0.29, 0.717) is 0 Å². The molecule has 1 heterocycles. The zero-order chi connectivity index (χ0) is 14.5. The number of aromatic carboxylic acids is 1. The molecule has 2 N–H and O–H groups in total. The second kappa shape index (κ2) is 5.76. The molecule has 0 radical (unpaired) electrons. The highest BCUT2D eigenvalue weighted by Crippen LogP contribution is 2.14. The van der Waals surface area contributed by atoms with Crippen LogP contribution in [-0.2, 0) is 4.74 Å². The number of esters is 1. The van der Waals surface area contributed by atoms with Gasteiger partial charge >= 0.3 is 11.9 Å². The number of carbonyl (C=O) groups is 2. The summed E-state index contributed by atoms with van der Waals surface area (Å²) in [5.41, 5.74) is 0.816. The quantitative estimate of drug-likeness (QED) is 0.644. The van der Waals surface area contributed by atoms with E-state index in [1.54, 1.807) is 12.1 Å². The first-order valence-electron chi connectivity index (χ1n) is 5.73. The summed E-state index contributed by atoms with van der Waals surface area (Å²) in [6.45, 7) is 0. The van der Waals surface area contributed by atoms with Crippen molar-refractivity contribution in [3.63, 3.8) is 0 Å². The number of rotatable bonds is 2. The second-order valence-corrected chi connectivity index (χ2v) is 3.87. The zero-order valence-electron chi connectivity index (χ0n) is 10.6. The predicted molar refractivity (Wildman–Crippen MR) is 71.5 cm³/mol. The Hall–Kier alpha value is -3.00. The van der Waals surface area contributed by atoms with E-state index in [-0.39, 0.29) is 16.8 Å². The molecule has 0 saturated carbocycles. The molecule has 0 unspecified atom stereocenters. The number of nitrogens with one attached hydrogen (secondary N) is 1. The SMILES string of the molecule is COC(=O)c1[nH]cc(C(=O)O)c1C#Cc1ccccc1. The van der Waals surface area contributed by atoms with E-state index in [4.69, 9.17) is 5.11 Å². The molecule has 0 atom stereocenters. The average molecular weight is 269 g/mol. The number of ether oxygens (including phenoxy) is 1. The third kappa shape index (κ3) is 2.70. The lowest BCUT2D eigenvalue weighted by atomic mass is 10.1. The monoisotopic (exact) mass is 269 g/mol. The molecular formula is C15H11NO4. The molecule has 0 amide bonds. The molecule has 5 nitrogen and oxygen atoms in total. The van der Waals surface area contributed by atoms with Crippen molar-refractivity contribution in [1.82, 2.24) is 4.98 Å². The van der Waals surface area contributed by atoms with Gasteiger partial charge in [-0.1, -0.05) is 30.0 Å². The minimum Gasteiger partial charge on any atom is -0.478 e. The topological polar surface area (TPSA) is 79.4 Å². The first-order chi connectivity index (χ1) is 9.63. The summed E-state index contributed by atoms with van der Waals surface area (Å²) < 4.78 is 4.59. The van der Waals surface area contributed by atoms with Crippen molar-refractivity contribution in [2.24, 2.45) is 0 Å². The molecule has 2 rings (SSSR count). The van der Waals surface area contributed by atoms with Crippen LogP contribution in [0, 0.1) is 11.8 Å². The minimum atomic E-state index is -1.16. The lowest BCUT2D eigenvalue weighted by Crippen LogP contribution is -2.05. The van der Waals surface area contributed by atoms with Crippen molar-refractivity contribution >= 4 is 11.9 Å². The molecule has 100 valence electrons. The van der Waals surface area contributed by atoms with Gasteiger partial charge in [-0.25, -0.2) is 9.59 Å². The highest BCUT2D eigenvalue weighted by atomic mass is 16.5. The van der Waals surface area contributed by atoms with Gasteiger partial charge in [-0.15, -0.1) is 0 Å². The normalized spacial score (nSPS) is 9.45. The Labute approximate surface area is 115 Å². The van der Waals surface area contributed by atoms with Gasteiger partial charge in [-0.05, 0) is 12.1 Å². The molecule has 5 heteroatoms. The predicted octanol–water partition coefficient (Wildman–Crippen LogP) is 1.90. The van der Waals surface area contributed by atoms with Crippen LogP contribution in [0.4, 0.5) is 0 Å². The standard InChI is InChI=1S/C15H11NO4/c1-20-15(19)13-11(12(9-16-13)14(17)18)8-7-10-5-3-2-4-6-10/h2-6,9,16H,1H3,(H,17,18). The molecule has 1 aromatic heterocycles. The fourth-order valence-electron chi connectivity index (χ4n) is 1.64. The Kier molecular flexibility index (Phi) is 3.87. The highest BCUT2D eigenvalue weighted by Gasteiger charge is 2.20. The van der Waals surface area contributed by atoms with Gasteiger partial charge in [0.25, 0.3) is 0 Å². The molecule has 0 aliphatic heterocycles. The maximum absolute atomic E-state index is 11.6. The van der Waals surface area contributed by atoms with Gasteiger partial charge < -0.3 is 14.8 Å². The summed E-state index contributed by atoms with van der Waals surface area (Å²) in [5, 5.41) is 9.09. The number of carboxylic acids is 1. The Bertz CT molecular complexity index is 704. The summed E-state index contributed by atoms with van der Waals surface area (Å²) in [7, 11) is 1.22. The molecule has 0 aliphatic carbocycles. The van der Waals surface area contributed by atoms with Crippen molar-refractivity contribution < 1.29 is 19.4 Å². The first kappa shape index (κ1) is 13.4. The lowest BCUT2D eigenvalue weighted by molar-refractivity contribution is 0.0594. The van der Waals surface area contributed by atoms with Crippen LogP contribution in [-0.4, -0.2) is 29.1 Å². The minimum absolute atomic E-state index is 0.0355. The average Bonchev–Trinajstić information content (AvgIpc) is 2.89. The number of benzene rings is 1. The van der Waals surface area contributed by atoms with E-state index in [9.17, 15) is 9.59 Å². The van der Waals surface area contributed by atoms with Crippen molar-refractivity contribution in [1.29, 1.82) is 0 Å². The van der Waals surface area contributed by atoms with Crippen LogP contribution in [0.2, 0.25) is 0 Å². The van der Waals surface area contributed by atoms with Crippen LogP contribution in [0.3, 0.4) is 0 Å². The van der Waals surface area contributed by atoms with E-state index in [2.05, 4.69) is 21.6 Å². The van der Waals surface area contributed by atoms with Gasteiger partial charge in [0.05, 0.1) is 18.2 Å². The Balaban J connectivity index is 2.49. The van der Waals surface area contributed by atoms with Gasteiger partial charge in [0.1, 0.15) is 5.69 Å². The molecule has 2 aromatic rings. The van der Waals surface area contributed by atoms with Crippen molar-refractivity contribution in [2.75, 3.05) is 7.11 Å². The van der Waals surface area contributed by atoms with Crippen molar-refractivity contribution in [2.45, 2.75) is 0 Å². The highest BCUT2D eigenvalue weighted by molar-refractivity contribution is 5.98. The van der Waals surface area contributed by atoms with Gasteiger partial charge in [-0.2, -0.15) is 0 Å². The van der Waals surface area contributed by atoms with Crippen molar-refractivity contribution in [3.8, 4) is 11.8 Å². The van der Waals surface area contributed by atoms with Crippen LogP contribution in [0.5, 0.6) is 0 Å². The molecule has 0 aliphatic rings. The number of hydrogen-bond acceptors (Lipinski definition) is 3. The largest absolute Gasteiger partial charge is 0.478 e. The second-order valence-electron chi connectivity index (χ2n) is 3.87. The third-order valence-corrected chi connectivity index (χ3v) is 2.61. The van der Waals surface area contributed by atoms with Crippen LogP contribution in [0.25, 0.3) is 0 Å². The van der Waals surface area contributed by atoms with Gasteiger partial charge in [0.2, 0.25) is 0 Å². The molecular weight excluding hydrogens is 258 g/mol. The molecule has 0 spiro atoms. The Morgan fingerprint density at radius 1 is 1.20 bits per heavy atom. The maximum Gasteiger partial charge on any atom is 0.355 e. The summed E-state index contributed by atoms with van der Waals surface area (Å²) in [5.74, 6) is 3.72. The van der Waals surface area contributed by atoms with Crippen LogP contribution in [0.15, 0.2) is 36.5 Å². The summed E-state index contributed by atoms with van der Waals surface area (Å²) >= 11 is 0. The van der Waals surface area contributed by atoms with E-state index < -0.39 is 11.9 Å². The maximum atomic E-state index is 11.6. The van der Waals surface area contributed by atoms with E-state index >= 15 is 0 Å². The van der Waals surface area contributed by atoms with Crippen LogP contribution >= 0.6 is 0 Å². The Morgan fingerprint density at radius 3 is 2.50 bits per heavy atom. The Morgan fingerprint density at radius 2 is 1.90 bits per heavy atom. The van der Waals surface area contributed by atoms with Crippen LogP contribution < -0.4 is 0 Å². The summed E-state index contributed by atoms with van der Waals surface area (Å²) in [4.78, 5) is 25.3. The molecule has 0 saturated heterocycles. The fraction of sp³-hybridized carbons (Fsp3) is 0.0667. The third-order valence-electron chi connectivity index (χ3n) is 2.61. The number of carboxylic acid groups (broad SMARTS) is 1. The number of methoxy groups -OCH3 is 1. The number of hydrogen-bond donors (Lipinski definition) is 2. The van der Waals surface area contributed by atoms with E-state index in [1.807, 2.05) is 18.2 Å². The lowest BCUT2D eigenvalue weighted by Gasteiger charge is -1.97. The summed E-state index contributed by atoms with van der Waals surface area (Å²) in [6.07, 6.45) is 1.23. The van der Waals surface area contributed by atoms with Crippen molar-refractivity contribution in [3.05, 3.63) is 58.9 Å². The van der Waals surface area contributed by atoms with E-state index in [1.165, 1.54) is 13.3 Å². The zero-order valence-corrected chi connectivity index (χ0v) is 10.6. The van der Waals surface area contributed by atoms with Crippen LogP contribution in [0.1, 0.15) is 32.0 Å². The fourth-order valence-corrected chi connectivity index (χ4v) is 1.64.